The lowest BCUT2D eigenvalue weighted by Gasteiger charge is -2.23. The van der Waals surface area contributed by atoms with E-state index in [0.29, 0.717) is 12.0 Å². The van der Waals surface area contributed by atoms with Crippen LogP contribution in [0.1, 0.15) is 61.8 Å². The summed E-state index contributed by atoms with van der Waals surface area (Å²) in [5, 5.41) is 1.17. The molecule has 0 aliphatic heterocycles. The van der Waals surface area contributed by atoms with Gasteiger partial charge in [-0.15, -0.1) is 11.3 Å². The van der Waals surface area contributed by atoms with E-state index in [1.807, 2.05) is 11.3 Å². The molecule has 0 bridgehead atoms. The summed E-state index contributed by atoms with van der Waals surface area (Å²) in [5.41, 5.74) is 2.64. The molecule has 2 aromatic rings. The van der Waals surface area contributed by atoms with Gasteiger partial charge in [0.25, 0.3) is 0 Å². The molecule has 0 saturated heterocycles. The monoisotopic (exact) mass is 314 g/mol. The average Bonchev–Trinajstić information content (AvgIpc) is 3.07. The van der Waals surface area contributed by atoms with E-state index in [4.69, 9.17) is 4.74 Å². The second-order valence-corrected chi connectivity index (χ2v) is 7.70. The molecule has 2 aliphatic carbocycles. The predicted molar refractivity (Wildman–Crippen MR) is 90.8 cm³/mol. The fourth-order valence-electron chi connectivity index (χ4n) is 3.87. The molecule has 2 aromatic heterocycles. The zero-order valence-corrected chi connectivity index (χ0v) is 13.9. The maximum absolute atomic E-state index is 6.31. The Labute approximate surface area is 135 Å². The van der Waals surface area contributed by atoms with E-state index in [1.165, 1.54) is 47.1 Å². The van der Waals surface area contributed by atoms with Crippen LogP contribution in [0, 0.1) is 0 Å². The molecular weight excluding hydrogens is 292 g/mol. The Bertz CT molecular complexity index is 715. The van der Waals surface area contributed by atoms with Crippen LogP contribution in [0.25, 0.3) is 10.2 Å². The molecule has 4 heteroatoms. The number of aromatic nitrogens is 2. The summed E-state index contributed by atoms with van der Waals surface area (Å²) >= 11 is 1.81. The van der Waals surface area contributed by atoms with Crippen LogP contribution >= 0.6 is 11.3 Å². The molecule has 1 saturated carbocycles. The van der Waals surface area contributed by atoms with Gasteiger partial charge >= 0.3 is 0 Å². The van der Waals surface area contributed by atoms with Gasteiger partial charge < -0.3 is 4.74 Å². The number of hydrogen-bond acceptors (Lipinski definition) is 4. The van der Waals surface area contributed by atoms with Crippen molar-refractivity contribution >= 4 is 21.6 Å². The molecular formula is C18H22N2OS. The Hall–Kier alpha value is -1.42. The highest BCUT2D eigenvalue weighted by molar-refractivity contribution is 7.19. The molecule has 0 radical (unpaired) electrons. The number of hydrogen-bond donors (Lipinski definition) is 0. The highest BCUT2D eigenvalue weighted by Crippen LogP contribution is 2.48. The Balaban J connectivity index is 1.77. The van der Waals surface area contributed by atoms with Crippen molar-refractivity contribution < 1.29 is 4.74 Å². The van der Waals surface area contributed by atoms with Crippen LogP contribution in [-0.2, 0) is 6.42 Å². The number of fused-ring (bicyclic) bond motifs is 3. The summed E-state index contributed by atoms with van der Waals surface area (Å²) in [6.45, 7) is 6.32. The number of allylic oxidation sites excluding steroid dienone is 1. The van der Waals surface area contributed by atoms with Gasteiger partial charge in [-0.2, -0.15) is 0 Å². The highest BCUT2D eigenvalue weighted by Gasteiger charge is 2.31. The largest absolute Gasteiger partial charge is 0.474 e. The minimum Gasteiger partial charge on any atom is -0.474 e. The molecule has 0 amide bonds. The van der Waals surface area contributed by atoms with Gasteiger partial charge in [-0.1, -0.05) is 18.6 Å². The van der Waals surface area contributed by atoms with Crippen LogP contribution in [0.2, 0.25) is 0 Å². The quantitative estimate of drug-likeness (QED) is 0.747. The number of aryl methyl sites for hydroxylation is 1. The minimum absolute atomic E-state index is 0.326. The van der Waals surface area contributed by atoms with Gasteiger partial charge in [0.1, 0.15) is 17.3 Å². The zero-order valence-electron chi connectivity index (χ0n) is 13.1. The molecule has 0 spiro atoms. The first-order valence-corrected chi connectivity index (χ1v) is 9.14. The zero-order chi connectivity index (χ0) is 15.1. The first-order valence-electron chi connectivity index (χ1n) is 8.32. The van der Waals surface area contributed by atoms with Crippen LogP contribution in [0.3, 0.4) is 0 Å². The lowest BCUT2D eigenvalue weighted by atomic mass is 9.94. The van der Waals surface area contributed by atoms with Crippen LogP contribution in [-0.4, -0.2) is 16.1 Å². The summed E-state index contributed by atoms with van der Waals surface area (Å²) in [7, 11) is 0. The van der Waals surface area contributed by atoms with E-state index in [-0.39, 0.29) is 0 Å². The Morgan fingerprint density at radius 2 is 2.05 bits per heavy atom. The topological polar surface area (TPSA) is 35.0 Å². The highest BCUT2D eigenvalue weighted by atomic mass is 32.1. The summed E-state index contributed by atoms with van der Waals surface area (Å²) in [6, 6.07) is 0. The van der Waals surface area contributed by atoms with Crippen LogP contribution < -0.4 is 4.74 Å². The van der Waals surface area contributed by atoms with Crippen LogP contribution in [0.4, 0.5) is 0 Å². The van der Waals surface area contributed by atoms with Crippen LogP contribution in [0.5, 0.6) is 5.88 Å². The Morgan fingerprint density at radius 1 is 1.23 bits per heavy atom. The van der Waals surface area contributed by atoms with Crippen molar-refractivity contribution in [1.82, 2.24) is 9.97 Å². The first-order chi connectivity index (χ1) is 10.7. The molecule has 1 fully saturated rings. The predicted octanol–water partition coefficient (Wildman–Crippen LogP) is 5.01. The Kier molecular flexibility index (Phi) is 3.65. The molecule has 116 valence electrons. The van der Waals surface area contributed by atoms with Gasteiger partial charge in [0.15, 0.2) is 0 Å². The molecule has 3 nitrogen and oxygen atoms in total. The number of ether oxygens (including phenoxy) is 1. The van der Waals surface area contributed by atoms with Crippen molar-refractivity contribution in [2.45, 2.75) is 63.9 Å². The van der Waals surface area contributed by atoms with Gasteiger partial charge in [-0.05, 0) is 51.0 Å². The lowest BCUT2D eigenvalue weighted by molar-refractivity contribution is 0.150. The summed E-state index contributed by atoms with van der Waals surface area (Å²) in [5.74, 6) is 1.26. The molecule has 1 unspecified atom stereocenters. The third-order valence-corrected chi connectivity index (χ3v) is 6.17. The van der Waals surface area contributed by atoms with Gasteiger partial charge in [-0.25, -0.2) is 9.97 Å². The average molecular weight is 314 g/mol. The summed E-state index contributed by atoms with van der Waals surface area (Å²) in [6.07, 6.45) is 10.5. The van der Waals surface area contributed by atoms with Gasteiger partial charge in [0.2, 0.25) is 5.88 Å². The molecule has 4 rings (SSSR count). The van der Waals surface area contributed by atoms with E-state index >= 15 is 0 Å². The second kappa shape index (κ2) is 5.65. The van der Waals surface area contributed by atoms with Gasteiger partial charge in [-0.3, -0.25) is 0 Å². The SMILES string of the molecule is C=C(C)C1CCc2sc3ncnc(OC4CCCCC4)c3c21. The van der Waals surface area contributed by atoms with E-state index in [9.17, 15) is 0 Å². The van der Waals surface area contributed by atoms with Crippen molar-refractivity contribution in [2.24, 2.45) is 0 Å². The van der Waals surface area contributed by atoms with Crippen LogP contribution in [0.15, 0.2) is 18.5 Å². The van der Waals surface area contributed by atoms with E-state index < -0.39 is 0 Å². The molecule has 0 aromatic carbocycles. The standard InChI is InChI=1S/C18H22N2OS/c1-11(2)13-8-9-14-15(13)16-17(19-10-20-18(16)22-14)21-12-6-4-3-5-7-12/h10,12-13H,1,3-9H2,2H3. The smallest absolute Gasteiger partial charge is 0.225 e. The molecule has 2 aliphatic rings. The first kappa shape index (κ1) is 14.2. The van der Waals surface area contributed by atoms with Gasteiger partial charge in [0.05, 0.1) is 5.39 Å². The molecule has 0 N–H and O–H groups in total. The summed E-state index contributed by atoms with van der Waals surface area (Å²) in [4.78, 5) is 11.5. The number of rotatable bonds is 3. The van der Waals surface area contributed by atoms with Gasteiger partial charge in [0, 0.05) is 10.8 Å². The third kappa shape index (κ3) is 2.34. The van der Waals surface area contributed by atoms with E-state index in [2.05, 4.69) is 23.5 Å². The maximum atomic E-state index is 6.31. The normalized spacial score (nSPS) is 22.0. The fourth-order valence-corrected chi connectivity index (χ4v) is 5.08. The van der Waals surface area contributed by atoms with E-state index in [1.54, 1.807) is 6.33 Å². The Morgan fingerprint density at radius 3 is 2.82 bits per heavy atom. The maximum Gasteiger partial charge on any atom is 0.225 e. The third-order valence-electron chi connectivity index (χ3n) is 5.00. The van der Waals surface area contributed by atoms with E-state index in [0.717, 1.165) is 30.0 Å². The number of nitrogens with zero attached hydrogens (tertiary/aromatic N) is 2. The number of thiophene rings is 1. The van der Waals surface area contributed by atoms with Crippen molar-refractivity contribution in [3.63, 3.8) is 0 Å². The molecule has 22 heavy (non-hydrogen) atoms. The van der Waals surface area contributed by atoms with Crippen molar-refractivity contribution in [1.29, 1.82) is 0 Å². The van der Waals surface area contributed by atoms with Crippen molar-refractivity contribution in [3.05, 3.63) is 28.9 Å². The lowest BCUT2D eigenvalue weighted by Crippen LogP contribution is -2.20. The molecule has 1 atom stereocenters. The van der Waals surface area contributed by atoms with Crippen molar-refractivity contribution in [2.75, 3.05) is 0 Å². The minimum atomic E-state index is 0.326. The molecule has 2 heterocycles. The fraction of sp³-hybridized carbons (Fsp3) is 0.556. The second-order valence-electron chi connectivity index (χ2n) is 6.61. The van der Waals surface area contributed by atoms with Crippen molar-refractivity contribution in [3.8, 4) is 5.88 Å². The summed E-state index contributed by atoms with van der Waals surface area (Å²) < 4.78 is 6.31.